The van der Waals surface area contributed by atoms with Gasteiger partial charge in [0.2, 0.25) is 0 Å². The van der Waals surface area contributed by atoms with Crippen LogP contribution in [0.1, 0.15) is 33.1 Å². The summed E-state index contributed by atoms with van der Waals surface area (Å²) in [5.41, 5.74) is 5.56. The van der Waals surface area contributed by atoms with Crippen LogP contribution in [-0.2, 0) is 9.47 Å². The van der Waals surface area contributed by atoms with Gasteiger partial charge in [-0.1, -0.05) is 6.92 Å². The van der Waals surface area contributed by atoms with Crippen LogP contribution in [-0.4, -0.2) is 32.0 Å². The zero-order chi connectivity index (χ0) is 10.4. The van der Waals surface area contributed by atoms with E-state index in [1.54, 1.807) is 0 Å². The fourth-order valence-electron chi connectivity index (χ4n) is 1.54. The predicted octanol–water partition coefficient (Wildman–Crippen LogP) is 1.56. The topological polar surface area (TPSA) is 44.5 Å². The lowest BCUT2D eigenvalue weighted by molar-refractivity contribution is -0.0620. The maximum atomic E-state index is 5.89. The Morgan fingerprint density at radius 3 is 2.57 bits per heavy atom. The van der Waals surface area contributed by atoms with Gasteiger partial charge in [0.1, 0.15) is 0 Å². The summed E-state index contributed by atoms with van der Waals surface area (Å²) in [6.45, 7) is 7.43. The highest BCUT2D eigenvalue weighted by Crippen LogP contribution is 2.20. The summed E-state index contributed by atoms with van der Waals surface area (Å²) in [6, 6.07) is 0. The lowest BCUT2D eigenvalue weighted by atomic mass is 10.00. The van der Waals surface area contributed by atoms with Gasteiger partial charge in [0.25, 0.3) is 0 Å². The number of hydrogen-bond acceptors (Lipinski definition) is 3. The minimum atomic E-state index is -0.127. The maximum absolute atomic E-state index is 5.89. The summed E-state index contributed by atoms with van der Waals surface area (Å²) in [7, 11) is 0. The Morgan fingerprint density at radius 2 is 2.07 bits per heavy atom. The van der Waals surface area contributed by atoms with Gasteiger partial charge in [-0.25, -0.2) is 0 Å². The quantitative estimate of drug-likeness (QED) is 0.734. The molecule has 1 rings (SSSR count). The van der Waals surface area contributed by atoms with Crippen LogP contribution in [0, 0.1) is 5.92 Å². The monoisotopic (exact) mass is 201 g/mol. The SMILES string of the molecule is CCC(C)(CN)OCC1CCOCC1. The van der Waals surface area contributed by atoms with Crippen molar-refractivity contribution in [3.05, 3.63) is 0 Å². The van der Waals surface area contributed by atoms with E-state index in [0.717, 1.165) is 39.1 Å². The minimum Gasteiger partial charge on any atom is -0.381 e. The highest BCUT2D eigenvalue weighted by atomic mass is 16.5. The molecule has 1 saturated heterocycles. The Hall–Kier alpha value is -0.120. The molecule has 0 spiro atoms. The largest absolute Gasteiger partial charge is 0.381 e. The molecular formula is C11H23NO2. The molecule has 0 aromatic rings. The Morgan fingerprint density at radius 1 is 1.43 bits per heavy atom. The third-order valence-corrected chi connectivity index (χ3v) is 3.19. The molecule has 1 fully saturated rings. The fourth-order valence-corrected chi connectivity index (χ4v) is 1.54. The third kappa shape index (κ3) is 3.56. The molecule has 2 N–H and O–H groups in total. The normalized spacial score (nSPS) is 23.4. The van der Waals surface area contributed by atoms with Crippen LogP contribution in [0.4, 0.5) is 0 Å². The van der Waals surface area contributed by atoms with Crippen LogP contribution in [0.15, 0.2) is 0 Å². The van der Waals surface area contributed by atoms with E-state index >= 15 is 0 Å². The van der Waals surface area contributed by atoms with Gasteiger partial charge in [0.05, 0.1) is 12.2 Å². The first-order valence-corrected chi connectivity index (χ1v) is 5.62. The minimum absolute atomic E-state index is 0.127. The van der Waals surface area contributed by atoms with Crippen molar-refractivity contribution in [2.75, 3.05) is 26.4 Å². The molecule has 0 aliphatic carbocycles. The Balaban J connectivity index is 2.23. The van der Waals surface area contributed by atoms with Gasteiger partial charge >= 0.3 is 0 Å². The molecule has 3 nitrogen and oxygen atoms in total. The van der Waals surface area contributed by atoms with Gasteiger partial charge < -0.3 is 15.2 Å². The van der Waals surface area contributed by atoms with E-state index in [9.17, 15) is 0 Å². The highest BCUT2D eigenvalue weighted by molar-refractivity contribution is 4.75. The summed E-state index contributed by atoms with van der Waals surface area (Å²) in [5, 5.41) is 0. The van der Waals surface area contributed by atoms with Crippen molar-refractivity contribution in [1.29, 1.82) is 0 Å². The smallest absolute Gasteiger partial charge is 0.0773 e. The van der Waals surface area contributed by atoms with Crippen LogP contribution in [0.2, 0.25) is 0 Å². The van der Waals surface area contributed by atoms with E-state index in [1.807, 2.05) is 0 Å². The van der Waals surface area contributed by atoms with Crippen LogP contribution in [0.3, 0.4) is 0 Å². The first-order chi connectivity index (χ1) is 6.70. The maximum Gasteiger partial charge on any atom is 0.0773 e. The van der Waals surface area contributed by atoms with Gasteiger partial charge in [0.15, 0.2) is 0 Å². The summed E-state index contributed by atoms with van der Waals surface area (Å²) in [4.78, 5) is 0. The van der Waals surface area contributed by atoms with Gasteiger partial charge in [0, 0.05) is 19.8 Å². The van der Waals surface area contributed by atoms with Crippen molar-refractivity contribution < 1.29 is 9.47 Å². The zero-order valence-corrected chi connectivity index (χ0v) is 9.42. The van der Waals surface area contributed by atoms with E-state index in [2.05, 4.69) is 13.8 Å². The molecule has 3 heteroatoms. The Bertz CT molecular complexity index is 151. The highest BCUT2D eigenvalue weighted by Gasteiger charge is 2.23. The molecule has 1 atom stereocenters. The van der Waals surface area contributed by atoms with Crippen LogP contribution < -0.4 is 5.73 Å². The molecule has 1 unspecified atom stereocenters. The first-order valence-electron chi connectivity index (χ1n) is 5.62. The van der Waals surface area contributed by atoms with Gasteiger partial charge in [-0.2, -0.15) is 0 Å². The predicted molar refractivity (Wildman–Crippen MR) is 57.2 cm³/mol. The molecule has 84 valence electrons. The zero-order valence-electron chi connectivity index (χ0n) is 9.42. The molecule has 0 radical (unpaired) electrons. The summed E-state index contributed by atoms with van der Waals surface area (Å²) < 4.78 is 11.2. The lowest BCUT2D eigenvalue weighted by Crippen LogP contribution is -2.38. The van der Waals surface area contributed by atoms with Crippen molar-refractivity contribution in [3.63, 3.8) is 0 Å². The molecule has 0 amide bonds. The van der Waals surface area contributed by atoms with E-state index in [1.165, 1.54) is 0 Å². The first kappa shape index (κ1) is 12.0. The second-order valence-corrected chi connectivity index (χ2v) is 4.37. The molecule has 0 bridgehead atoms. The van der Waals surface area contributed by atoms with Gasteiger partial charge in [-0.3, -0.25) is 0 Å². The van der Waals surface area contributed by atoms with Crippen molar-refractivity contribution in [3.8, 4) is 0 Å². The second kappa shape index (κ2) is 5.69. The average molecular weight is 201 g/mol. The molecule has 1 heterocycles. The van der Waals surface area contributed by atoms with E-state index in [4.69, 9.17) is 15.2 Å². The molecule has 1 aliphatic rings. The number of hydrogen-bond donors (Lipinski definition) is 1. The van der Waals surface area contributed by atoms with E-state index in [-0.39, 0.29) is 5.60 Å². The van der Waals surface area contributed by atoms with Gasteiger partial charge in [-0.05, 0) is 32.1 Å². The molecule has 1 aliphatic heterocycles. The van der Waals surface area contributed by atoms with E-state index < -0.39 is 0 Å². The van der Waals surface area contributed by atoms with Gasteiger partial charge in [-0.15, -0.1) is 0 Å². The Labute approximate surface area is 86.9 Å². The molecule has 0 aromatic carbocycles. The molecule has 14 heavy (non-hydrogen) atoms. The number of nitrogens with two attached hydrogens (primary N) is 1. The summed E-state index contributed by atoms with van der Waals surface area (Å²) in [6.07, 6.45) is 3.24. The molecule has 0 aromatic heterocycles. The number of ether oxygens (including phenoxy) is 2. The fraction of sp³-hybridized carbons (Fsp3) is 1.00. The van der Waals surface area contributed by atoms with Crippen LogP contribution >= 0.6 is 0 Å². The molecule has 0 saturated carbocycles. The summed E-state index contributed by atoms with van der Waals surface area (Å²) in [5.74, 6) is 0.668. The average Bonchev–Trinajstić information content (AvgIpc) is 2.27. The lowest BCUT2D eigenvalue weighted by Gasteiger charge is -2.30. The van der Waals surface area contributed by atoms with Crippen molar-refractivity contribution in [2.24, 2.45) is 11.7 Å². The van der Waals surface area contributed by atoms with Crippen molar-refractivity contribution in [1.82, 2.24) is 0 Å². The third-order valence-electron chi connectivity index (χ3n) is 3.19. The number of rotatable bonds is 5. The Kier molecular flexibility index (Phi) is 4.85. The van der Waals surface area contributed by atoms with Crippen molar-refractivity contribution in [2.45, 2.75) is 38.7 Å². The molecular weight excluding hydrogens is 178 g/mol. The standard InChI is InChI=1S/C11H23NO2/c1-3-11(2,9-12)14-8-10-4-6-13-7-5-10/h10H,3-9,12H2,1-2H3. The summed E-state index contributed by atoms with van der Waals surface area (Å²) >= 11 is 0. The van der Waals surface area contributed by atoms with E-state index in [0.29, 0.717) is 12.5 Å². The van der Waals surface area contributed by atoms with Crippen LogP contribution in [0.5, 0.6) is 0 Å². The second-order valence-electron chi connectivity index (χ2n) is 4.37. The van der Waals surface area contributed by atoms with Crippen LogP contribution in [0.25, 0.3) is 0 Å². The van der Waals surface area contributed by atoms with Crippen molar-refractivity contribution >= 4 is 0 Å².